The Morgan fingerprint density at radius 3 is 2.22 bits per heavy atom. The van der Waals surface area contributed by atoms with Crippen LogP contribution in [0.15, 0.2) is 18.2 Å². The third kappa shape index (κ3) is 3.98. The summed E-state index contributed by atoms with van der Waals surface area (Å²) in [5, 5.41) is 2.03. The molecular formula is C24H31N3O5. The molecule has 0 radical (unpaired) electrons. The number of morpholine rings is 1. The van der Waals surface area contributed by atoms with E-state index in [-0.39, 0.29) is 5.97 Å². The number of cyclic esters (lactones) is 1. The minimum atomic E-state index is -0.235. The lowest BCUT2D eigenvalue weighted by molar-refractivity contribution is 0.0331. The molecule has 8 heteroatoms. The zero-order valence-corrected chi connectivity index (χ0v) is 18.9. The molecule has 2 aromatic rings. The number of carbonyl (C=O) groups excluding carboxylic acids is 1. The van der Waals surface area contributed by atoms with Gasteiger partial charge in [-0.25, -0.2) is 4.79 Å². The number of esters is 1. The maximum atomic E-state index is 12.7. The van der Waals surface area contributed by atoms with Crippen LogP contribution >= 0.6 is 0 Å². The fourth-order valence-electron chi connectivity index (χ4n) is 4.95. The lowest BCUT2D eigenvalue weighted by Crippen LogP contribution is -2.49. The van der Waals surface area contributed by atoms with Gasteiger partial charge < -0.3 is 23.8 Å². The normalized spacial score (nSPS) is 19.8. The van der Waals surface area contributed by atoms with Gasteiger partial charge in [-0.15, -0.1) is 0 Å². The van der Waals surface area contributed by atoms with Gasteiger partial charge in [0.15, 0.2) is 11.5 Å². The Balaban J connectivity index is 1.40. The summed E-state index contributed by atoms with van der Waals surface area (Å²) in [6, 6.07) is 6.01. The van der Waals surface area contributed by atoms with Crippen molar-refractivity contribution in [3.63, 3.8) is 0 Å². The SMILES string of the molecule is COc1cc2cc3c(c(N4CCN(CCN5CCOCC5)CC4)c2cc1OC)C(=O)OC3. The summed E-state index contributed by atoms with van der Waals surface area (Å²) in [6.45, 7) is 9.87. The number of rotatable bonds is 6. The van der Waals surface area contributed by atoms with Gasteiger partial charge in [-0.05, 0) is 23.6 Å². The summed E-state index contributed by atoms with van der Waals surface area (Å²) in [4.78, 5) is 20.0. The third-order valence-corrected chi connectivity index (χ3v) is 6.79. The Labute approximate surface area is 188 Å². The lowest BCUT2D eigenvalue weighted by Gasteiger charge is -2.38. The second kappa shape index (κ2) is 9.13. The number of hydrogen-bond donors (Lipinski definition) is 0. The molecule has 172 valence electrons. The summed E-state index contributed by atoms with van der Waals surface area (Å²) in [6.07, 6.45) is 0. The van der Waals surface area contributed by atoms with E-state index in [1.807, 2.05) is 18.2 Å². The molecule has 0 aliphatic carbocycles. The summed E-state index contributed by atoms with van der Waals surface area (Å²) in [7, 11) is 3.28. The standard InChI is InChI=1S/C24H31N3O5/c1-29-20-14-17-13-18-16-32-24(28)22(18)23(19(17)15-21(20)30-2)27-7-5-25(6-8-27)3-4-26-9-11-31-12-10-26/h13-15H,3-12,16H2,1-2H3. The highest BCUT2D eigenvalue weighted by molar-refractivity contribution is 6.10. The molecule has 0 atom stereocenters. The van der Waals surface area contributed by atoms with Crippen LogP contribution < -0.4 is 14.4 Å². The van der Waals surface area contributed by atoms with Crippen LogP contribution in [0, 0.1) is 0 Å². The van der Waals surface area contributed by atoms with Crippen molar-refractivity contribution < 1.29 is 23.7 Å². The predicted molar refractivity (Wildman–Crippen MR) is 122 cm³/mol. The van der Waals surface area contributed by atoms with Crippen LogP contribution in [0.25, 0.3) is 10.8 Å². The number of nitrogens with zero attached hydrogens (tertiary/aromatic N) is 3. The zero-order chi connectivity index (χ0) is 22.1. The molecule has 32 heavy (non-hydrogen) atoms. The van der Waals surface area contributed by atoms with Crippen molar-refractivity contribution in [3.8, 4) is 11.5 Å². The lowest BCUT2D eigenvalue weighted by atomic mass is 9.97. The number of fused-ring (bicyclic) bond motifs is 2. The summed E-state index contributed by atoms with van der Waals surface area (Å²) < 4.78 is 21.9. The molecule has 5 rings (SSSR count). The van der Waals surface area contributed by atoms with Gasteiger partial charge in [-0.3, -0.25) is 9.80 Å². The van der Waals surface area contributed by atoms with Crippen LogP contribution in [0.2, 0.25) is 0 Å². The Hall–Kier alpha value is -2.55. The van der Waals surface area contributed by atoms with Crippen molar-refractivity contribution in [1.82, 2.24) is 9.80 Å². The second-order valence-electron chi connectivity index (χ2n) is 8.55. The Kier molecular flexibility index (Phi) is 6.08. The number of carbonyl (C=O) groups is 1. The second-order valence-corrected chi connectivity index (χ2v) is 8.55. The maximum Gasteiger partial charge on any atom is 0.341 e. The van der Waals surface area contributed by atoms with Gasteiger partial charge in [-0.2, -0.15) is 0 Å². The van der Waals surface area contributed by atoms with Crippen molar-refractivity contribution in [1.29, 1.82) is 0 Å². The van der Waals surface area contributed by atoms with Crippen molar-refractivity contribution in [2.24, 2.45) is 0 Å². The van der Waals surface area contributed by atoms with Gasteiger partial charge in [0.2, 0.25) is 0 Å². The van der Waals surface area contributed by atoms with Gasteiger partial charge in [0.05, 0.1) is 38.7 Å². The first-order valence-corrected chi connectivity index (χ1v) is 11.3. The van der Waals surface area contributed by atoms with Crippen LogP contribution in [0.4, 0.5) is 5.69 Å². The molecule has 0 unspecified atom stereocenters. The van der Waals surface area contributed by atoms with Crippen molar-refractivity contribution >= 4 is 22.4 Å². The number of piperazine rings is 1. The van der Waals surface area contributed by atoms with Crippen LogP contribution in [0.3, 0.4) is 0 Å². The summed E-state index contributed by atoms with van der Waals surface area (Å²) >= 11 is 0. The summed E-state index contributed by atoms with van der Waals surface area (Å²) in [5.41, 5.74) is 2.61. The molecule has 3 heterocycles. The van der Waals surface area contributed by atoms with E-state index in [1.165, 1.54) is 0 Å². The fraction of sp³-hybridized carbons (Fsp3) is 0.542. The van der Waals surface area contributed by atoms with Crippen molar-refractivity contribution in [3.05, 3.63) is 29.3 Å². The first-order chi connectivity index (χ1) is 15.7. The van der Waals surface area contributed by atoms with Gasteiger partial charge in [0.1, 0.15) is 6.61 Å². The minimum Gasteiger partial charge on any atom is -0.493 e. The molecule has 0 N–H and O–H groups in total. The maximum absolute atomic E-state index is 12.7. The van der Waals surface area contributed by atoms with Crippen LogP contribution in [-0.2, 0) is 16.1 Å². The van der Waals surface area contributed by atoms with E-state index in [0.29, 0.717) is 23.7 Å². The van der Waals surface area contributed by atoms with Gasteiger partial charge >= 0.3 is 5.97 Å². The average molecular weight is 442 g/mol. The summed E-state index contributed by atoms with van der Waals surface area (Å²) in [5.74, 6) is 1.11. The number of benzene rings is 2. The number of methoxy groups -OCH3 is 2. The molecule has 2 fully saturated rings. The average Bonchev–Trinajstić information content (AvgIpc) is 3.21. The zero-order valence-electron chi connectivity index (χ0n) is 18.9. The molecule has 0 bridgehead atoms. The van der Waals surface area contributed by atoms with Gasteiger partial charge in [-0.1, -0.05) is 0 Å². The smallest absolute Gasteiger partial charge is 0.341 e. The molecule has 2 saturated heterocycles. The molecule has 3 aliphatic heterocycles. The largest absolute Gasteiger partial charge is 0.493 e. The molecule has 3 aliphatic rings. The number of ether oxygens (including phenoxy) is 4. The molecular weight excluding hydrogens is 410 g/mol. The topological polar surface area (TPSA) is 63.7 Å². The van der Waals surface area contributed by atoms with Crippen LogP contribution in [-0.4, -0.2) is 95.6 Å². The fourth-order valence-corrected chi connectivity index (χ4v) is 4.95. The Bertz CT molecular complexity index is 997. The third-order valence-electron chi connectivity index (χ3n) is 6.79. The molecule has 0 amide bonds. The first-order valence-electron chi connectivity index (χ1n) is 11.3. The highest BCUT2D eigenvalue weighted by atomic mass is 16.5. The van der Waals surface area contributed by atoms with Crippen LogP contribution in [0.1, 0.15) is 15.9 Å². The quantitative estimate of drug-likeness (QED) is 0.631. The number of anilines is 1. The molecule has 0 saturated carbocycles. The van der Waals surface area contributed by atoms with Crippen molar-refractivity contribution in [2.45, 2.75) is 6.61 Å². The Morgan fingerprint density at radius 2 is 1.53 bits per heavy atom. The highest BCUT2D eigenvalue weighted by Gasteiger charge is 2.31. The molecule has 0 spiro atoms. The Morgan fingerprint density at radius 1 is 0.875 bits per heavy atom. The van der Waals surface area contributed by atoms with E-state index in [1.54, 1.807) is 14.2 Å². The van der Waals surface area contributed by atoms with E-state index in [2.05, 4.69) is 14.7 Å². The molecule has 0 aromatic heterocycles. The first kappa shape index (κ1) is 21.3. The van der Waals surface area contributed by atoms with E-state index < -0.39 is 0 Å². The minimum absolute atomic E-state index is 0.235. The number of hydrogen-bond acceptors (Lipinski definition) is 8. The van der Waals surface area contributed by atoms with E-state index >= 15 is 0 Å². The van der Waals surface area contributed by atoms with Crippen LogP contribution in [0.5, 0.6) is 11.5 Å². The van der Waals surface area contributed by atoms with Gasteiger partial charge in [0.25, 0.3) is 0 Å². The van der Waals surface area contributed by atoms with Gasteiger partial charge in [0, 0.05) is 63.3 Å². The molecule has 2 aromatic carbocycles. The predicted octanol–water partition coefficient (Wildman–Crippen LogP) is 1.98. The van der Waals surface area contributed by atoms with E-state index in [9.17, 15) is 4.79 Å². The van der Waals surface area contributed by atoms with E-state index in [4.69, 9.17) is 18.9 Å². The van der Waals surface area contributed by atoms with Crippen molar-refractivity contribution in [2.75, 3.05) is 84.7 Å². The van der Waals surface area contributed by atoms with E-state index in [0.717, 1.165) is 87.6 Å². The highest BCUT2D eigenvalue weighted by Crippen LogP contribution is 2.42. The molecule has 8 nitrogen and oxygen atoms in total. The monoisotopic (exact) mass is 441 g/mol.